The minimum absolute atomic E-state index is 0.0399. The molecule has 0 fully saturated rings. The number of hydrogen-bond donors (Lipinski definition) is 0. The number of methoxy groups -OCH3 is 1. The van der Waals surface area contributed by atoms with Crippen molar-refractivity contribution in [1.82, 2.24) is 0 Å². The molecule has 38 heavy (non-hydrogen) atoms. The van der Waals surface area contributed by atoms with Gasteiger partial charge in [0.05, 0.1) is 12.0 Å². The van der Waals surface area contributed by atoms with Crippen molar-refractivity contribution in [2.45, 2.75) is 31.6 Å². The van der Waals surface area contributed by atoms with Gasteiger partial charge >= 0.3 is 10.1 Å². The van der Waals surface area contributed by atoms with Gasteiger partial charge in [0.25, 0.3) is 5.69 Å². The fourth-order valence-corrected chi connectivity index (χ4v) is 5.17. The van der Waals surface area contributed by atoms with E-state index in [1.807, 2.05) is 25.1 Å². The molecular formula is C28H27NO8S. The first-order chi connectivity index (χ1) is 18.2. The van der Waals surface area contributed by atoms with E-state index >= 15 is 0 Å². The Labute approximate surface area is 221 Å². The molecule has 4 rings (SSSR count). The second kappa shape index (κ2) is 11.0. The Kier molecular flexibility index (Phi) is 7.72. The number of benzene rings is 3. The topological polar surface area (TPSA) is 114 Å². The molecule has 0 atom stereocenters. The maximum absolute atomic E-state index is 13.1. The minimum Gasteiger partial charge on any atom is -0.493 e. The largest absolute Gasteiger partial charge is 0.493 e. The summed E-state index contributed by atoms with van der Waals surface area (Å²) in [5.41, 5.74) is 3.85. The minimum atomic E-state index is -4.34. The molecule has 0 unspecified atom stereocenters. The highest BCUT2D eigenvalue weighted by atomic mass is 32.2. The summed E-state index contributed by atoms with van der Waals surface area (Å²) in [6.07, 6.45) is 5.20. The third-order valence-electron chi connectivity index (χ3n) is 6.06. The van der Waals surface area contributed by atoms with Crippen LogP contribution in [0.5, 0.6) is 23.0 Å². The molecule has 198 valence electrons. The summed E-state index contributed by atoms with van der Waals surface area (Å²) in [4.78, 5) is 10.1. The summed E-state index contributed by atoms with van der Waals surface area (Å²) in [7, 11) is -2.94. The zero-order valence-electron chi connectivity index (χ0n) is 21.2. The molecule has 0 aliphatic carbocycles. The zero-order chi connectivity index (χ0) is 27.4. The van der Waals surface area contributed by atoms with Gasteiger partial charge in [-0.25, -0.2) is 0 Å². The molecule has 0 saturated carbocycles. The van der Waals surface area contributed by atoms with Crippen molar-refractivity contribution in [3.63, 3.8) is 0 Å². The average molecular weight is 538 g/mol. The van der Waals surface area contributed by atoms with Crippen LogP contribution in [0, 0.1) is 10.1 Å². The van der Waals surface area contributed by atoms with Crippen LogP contribution in [0.15, 0.2) is 60.0 Å². The van der Waals surface area contributed by atoms with Gasteiger partial charge in [-0.2, -0.15) is 8.42 Å². The average Bonchev–Trinajstić information content (AvgIpc) is 3.36. The van der Waals surface area contributed by atoms with Gasteiger partial charge in [-0.3, -0.25) is 10.1 Å². The van der Waals surface area contributed by atoms with Crippen LogP contribution in [0.1, 0.15) is 42.5 Å². The number of nitrogens with zero attached hydrogens (tertiary/aromatic N) is 1. The van der Waals surface area contributed by atoms with Gasteiger partial charge in [-0.05, 0) is 65.9 Å². The molecule has 0 bridgehead atoms. The van der Waals surface area contributed by atoms with Crippen molar-refractivity contribution in [1.29, 1.82) is 0 Å². The number of nitro benzene ring substituents is 1. The lowest BCUT2D eigenvalue weighted by Gasteiger charge is -2.16. The SMILES string of the molecule is C=Cc1c(/C=C(\C)c2cc3c(cc2CCC)OCO3)ccc(OC)c1OS(=O)(=O)c1ccc([N+](=O)[O-])cc1. The number of non-ortho nitro benzene ring substituents is 1. The van der Waals surface area contributed by atoms with Crippen molar-refractivity contribution >= 4 is 33.5 Å². The van der Waals surface area contributed by atoms with E-state index in [2.05, 4.69) is 13.5 Å². The van der Waals surface area contributed by atoms with Crippen molar-refractivity contribution < 1.29 is 31.7 Å². The Bertz CT molecular complexity index is 1530. The smallest absolute Gasteiger partial charge is 0.339 e. The van der Waals surface area contributed by atoms with Crippen LogP contribution >= 0.6 is 0 Å². The maximum atomic E-state index is 13.1. The highest BCUT2D eigenvalue weighted by Gasteiger charge is 2.24. The first-order valence-corrected chi connectivity index (χ1v) is 13.2. The Morgan fingerprint density at radius 2 is 1.82 bits per heavy atom. The van der Waals surface area contributed by atoms with Crippen molar-refractivity contribution in [3.05, 3.63) is 87.5 Å². The quantitative estimate of drug-likeness (QED) is 0.129. The molecule has 0 radical (unpaired) electrons. The second-order valence-electron chi connectivity index (χ2n) is 8.53. The van der Waals surface area contributed by atoms with Gasteiger partial charge in [0, 0.05) is 17.7 Å². The lowest BCUT2D eigenvalue weighted by atomic mass is 9.94. The van der Waals surface area contributed by atoms with Gasteiger partial charge in [0.2, 0.25) is 6.79 Å². The second-order valence-corrected chi connectivity index (χ2v) is 10.1. The van der Waals surface area contributed by atoms with E-state index in [0.717, 1.165) is 53.8 Å². The predicted molar refractivity (Wildman–Crippen MR) is 144 cm³/mol. The fraction of sp³-hybridized carbons (Fsp3) is 0.214. The van der Waals surface area contributed by atoms with E-state index in [1.54, 1.807) is 12.1 Å². The van der Waals surface area contributed by atoms with E-state index in [4.69, 9.17) is 18.4 Å². The highest BCUT2D eigenvalue weighted by Crippen LogP contribution is 2.40. The highest BCUT2D eigenvalue weighted by molar-refractivity contribution is 7.87. The number of rotatable bonds is 10. The normalized spacial score (nSPS) is 12.8. The Morgan fingerprint density at radius 3 is 2.42 bits per heavy atom. The third-order valence-corrected chi connectivity index (χ3v) is 7.30. The summed E-state index contributed by atoms with van der Waals surface area (Å²) in [6.45, 7) is 8.10. The number of nitro groups is 1. The Balaban J connectivity index is 1.77. The molecule has 0 amide bonds. The molecule has 0 saturated heterocycles. The molecule has 10 heteroatoms. The molecule has 3 aromatic carbocycles. The number of aryl methyl sites for hydroxylation is 1. The molecule has 0 N–H and O–H groups in total. The molecule has 0 aromatic heterocycles. The van der Waals surface area contributed by atoms with E-state index < -0.39 is 15.0 Å². The summed E-state index contributed by atoms with van der Waals surface area (Å²) >= 11 is 0. The summed E-state index contributed by atoms with van der Waals surface area (Å²) < 4.78 is 48.2. The molecule has 1 heterocycles. The molecular weight excluding hydrogens is 510 g/mol. The Morgan fingerprint density at radius 1 is 1.13 bits per heavy atom. The predicted octanol–water partition coefficient (Wildman–Crippen LogP) is 6.26. The monoisotopic (exact) mass is 537 g/mol. The fourth-order valence-electron chi connectivity index (χ4n) is 4.21. The van der Waals surface area contributed by atoms with Gasteiger partial charge < -0.3 is 18.4 Å². The van der Waals surface area contributed by atoms with E-state index in [9.17, 15) is 18.5 Å². The number of allylic oxidation sites excluding steroid dienone is 1. The summed E-state index contributed by atoms with van der Waals surface area (Å²) in [5.74, 6) is 1.54. The van der Waals surface area contributed by atoms with E-state index in [0.29, 0.717) is 22.6 Å². The van der Waals surface area contributed by atoms with Gasteiger partial charge in [-0.1, -0.05) is 38.1 Å². The van der Waals surface area contributed by atoms with E-state index in [1.165, 1.54) is 13.2 Å². The van der Waals surface area contributed by atoms with Crippen LogP contribution in [-0.2, 0) is 16.5 Å². The summed E-state index contributed by atoms with van der Waals surface area (Å²) in [6, 6.07) is 11.8. The molecule has 1 aliphatic heterocycles. The number of fused-ring (bicyclic) bond motifs is 1. The lowest BCUT2D eigenvalue weighted by Crippen LogP contribution is -2.12. The molecule has 9 nitrogen and oxygen atoms in total. The maximum Gasteiger partial charge on any atom is 0.339 e. The zero-order valence-corrected chi connectivity index (χ0v) is 22.0. The van der Waals surface area contributed by atoms with Crippen molar-refractivity contribution in [3.8, 4) is 23.0 Å². The van der Waals surface area contributed by atoms with Gasteiger partial charge in [0.1, 0.15) is 4.90 Å². The Hall–Kier alpha value is -4.31. The molecule has 0 spiro atoms. The molecule has 1 aliphatic rings. The van der Waals surface area contributed by atoms with Crippen LogP contribution < -0.4 is 18.4 Å². The summed E-state index contributed by atoms with van der Waals surface area (Å²) in [5, 5.41) is 10.9. The number of hydrogen-bond acceptors (Lipinski definition) is 8. The van der Waals surface area contributed by atoms with Crippen LogP contribution in [-0.4, -0.2) is 27.2 Å². The van der Waals surface area contributed by atoms with Crippen LogP contribution in [0.25, 0.3) is 17.7 Å². The lowest BCUT2D eigenvalue weighted by molar-refractivity contribution is -0.384. The van der Waals surface area contributed by atoms with Crippen LogP contribution in [0.2, 0.25) is 0 Å². The van der Waals surface area contributed by atoms with Crippen molar-refractivity contribution in [2.75, 3.05) is 13.9 Å². The van der Waals surface area contributed by atoms with Crippen LogP contribution in [0.3, 0.4) is 0 Å². The van der Waals surface area contributed by atoms with Crippen LogP contribution in [0.4, 0.5) is 5.69 Å². The van der Waals surface area contributed by atoms with Gasteiger partial charge in [0.15, 0.2) is 23.0 Å². The third kappa shape index (κ3) is 5.35. The standard InChI is InChI=1S/C28H27NO8S/c1-5-7-19-15-26-27(36-17-35-26)16-24(19)18(3)14-20-8-13-25(34-4)28(23(20)6-2)37-38(32,33)22-11-9-21(10-12-22)29(30)31/h6,8-16H,2,5,7,17H2,1,3-4H3/b18-14+. The number of ether oxygens (including phenoxy) is 3. The van der Waals surface area contributed by atoms with Crippen molar-refractivity contribution in [2.24, 2.45) is 0 Å². The first-order valence-electron chi connectivity index (χ1n) is 11.8. The molecule has 3 aromatic rings. The van der Waals surface area contributed by atoms with Gasteiger partial charge in [-0.15, -0.1) is 0 Å². The first kappa shape index (κ1) is 26.7. The van der Waals surface area contributed by atoms with E-state index in [-0.39, 0.29) is 28.9 Å².